The molecule has 6 heteroatoms. The van der Waals surface area contributed by atoms with Gasteiger partial charge in [-0.3, -0.25) is 9.35 Å². The molecule has 106 valence electrons. The van der Waals surface area contributed by atoms with E-state index in [-0.39, 0.29) is 10.7 Å². The highest BCUT2D eigenvalue weighted by molar-refractivity contribution is 7.86. The molecule has 1 aromatic heterocycles. The lowest BCUT2D eigenvalue weighted by Gasteiger charge is -2.08. The number of furan rings is 1. The van der Waals surface area contributed by atoms with Crippen molar-refractivity contribution in [2.45, 2.75) is 4.90 Å². The van der Waals surface area contributed by atoms with E-state index >= 15 is 0 Å². The van der Waals surface area contributed by atoms with Crippen LogP contribution >= 0.6 is 0 Å². The van der Waals surface area contributed by atoms with Crippen LogP contribution < -0.4 is 0 Å². The van der Waals surface area contributed by atoms with Gasteiger partial charge in [0.25, 0.3) is 10.1 Å². The van der Waals surface area contributed by atoms with E-state index in [1.165, 1.54) is 12.1 Å². The molecule has 0 aliphatic heterocycles. The van der Waals surface area contributed by atoms with Gasteiger partial charge in [-0.1, -0.05) is 30.3 Å². The molecular weight excluding hydrogens is 292 g/mol. The maximum atomic E-state index is 11.6. The second-order valence-electron chi connectivity index (χ2n) is 4.45. The van der Waals surface area contributed by atoms with Gasteiger partial charge in [0.15, 0.2) is 12.0 Å². The predicted octanol–water partition coefficient (Wildman–Crippen LogP) is 3.16. The Morgan fingerprint density at radius 3 is 2.33 bits per heavy atom. The SMILES string of the molecule is O=Cc1ccc(-c2cccc3cccc(S(=O)(=O)O)c23)o1. The van der Waals surface area contributed by atoms with Crippen molar-refractivity contribution in [1.82, 2.24) is 0 Å². The number of fused-ring (bicyclic) bond motifs is 1. The first-order valence-electron chi connectivity index (χ1n) is 6.05. The average Bonchev–Trinajstić information content (AvgIpc) is 2.93. The molecular formula is C15H10O5S. The minimum Gasteiger partial charge on any atom is -0.453 e. The smallest absolute Gasteiger partial charge is 0.295 e. The topological polar surface area (TPSA) is 84.6 Å². The van der Waals surface area contributed by atoms with E-state index in [9.17, 15) is 17.8 Å². The fraction of sp³-hybridized carbons (Fsp3) is 0. The Hall–Kier alpha value is -2.44. The molecule has 0 aliphatic carbocycles. The van der Waals surface area contributed by atoms with Gasteiger partial charge in [0, 0.05) is 10.9 Å². The Bertz CT molecular complexity index is 932. The van der Waals surface area contributed by atoms with Crippen molar-refractivity contribution >= 4 is 27.2 Å². The first kappa shape index (κ1) is 13.5. The van der Waals surface area contributed by atoms with Gasteiger partial charge in [0.1, 0.15) is 10.7 Å². The number of benzene rings is 2. The lowest BCUT2D eigenvalue weighted by Crippen LogP contribution is -1.99. The Balaban J connectivity index is 2.40. The van der Waals surface area contributed by atoms with Crippen LogP contribution in [0, 0.1) is 0 Å². The van der Waals surface area contributed by atoms with Crippen LogP contribution in [0.15, 0.2) is 57.8 Å². The fourth-order valence-corrected chi connectivity index (χ4v) is 3.02. The van der Waals surface area contributed by atoms with E-state index in [0.717, 1.165) is 0 Å². The highest BCUT2D eigenvalue weighted by Gasteiger charge is 2.18. The summed E-state index contributed by atoms with van der Waals surface area (Å²) in [5, 5.41) is 1.00. The Morgan fingerprint density at radius 2 is 1.71 bits per heavy atom. The van der Waals surface area contributed by atoms with Gasteiger partial charge >= 0.3 is 0 Å². The standard InChI is InChI=1S/C15H10O5S/c16-9-11-7-8-13(20-11)12-5-1-3-10-4-2-6-14(15(10)12)21(17,18)19/h1-9H,(H,17,18,19). The van der Waals surface area contributed by atoms with Crippen molar-refractivity contribution in [1.29, 1.82) is 0 Å². The number of carbonyl (C=O) groups is 1. The van der Waals surface area contributed by atoms with Gasteiger partial charge in [-0.05, 0) is 23.6 Å². The van der Waals surface area contributed by atoms with Gasteiger partial charge < -0.3 is 4.42 Å². The largest absolute Gasteiger partial charge is 0.453 e. The molecule has 0 atom stereocenters. The Labute approximate surface area is 120 Å². The van der Waals surface area contributed by atoms with E-state index in [1.807, 2.05) is 0 Å². The van der Waals surface area contributed by atoms with Crippen LogP contribution in [-0.4, -0.2) is 19.3 Å². The number of hydrogen-bond acceptors (Lipinski definition) is 4. The molecule has 0 unspecified atom stereocenters. The van der Waals surface area contributed by atoms with Gasteiger partial charge in [0.2, 0.25) is 0 Å². The minimum atomic E-state index is -4.37. The van der Waals surface area contributed by atoms with E-state index in [2.05, 4.69) is 0 Å². The Morgan fingerprint density at radius 1 is 1.00 bits per heavy atom. The highest BCUT2D eigenvalue weighted by atomic mass is 32.2. The van der Waals surface area contributed by atoms with Crippen molar-refractivity contribution in [3.63, 3.8) is 0 Å². The van der Waals surface area contributed by atoms with Gasteiger partial charge in [-0.2, -0.15) is 8.42 Å². The third-order valence-corrected chi connectivity index (χ3v) is 4.05. The van der Waals surface area contributed by atoms with E-state index < -0.39 is 10.1 Å². The molecule has 2 aromatic carbocycles. The number of hydrogen-bond donors (Lipinski definition) is 1. The molecule has 5 nitrogen and oxygen atoms in total. The van der Waals surface area contributed by atoms with Crippen molar-refractivity contribution in [2.75, 3.05) is 0 Å². The van der Waals surface area contributed by atoms with Crippen molar-refractivity contribution < 1.29 is 22.2 Å². The predicted molar refractivity (Wildman–Crippen MR) is 76.9 cm³/mol. The van der Waals surface area contributed by atoms with Gasteiger partial charge in [0.05, 0.1) is 0 Å². The van der Waals surface area contributed by atoms with Crippen LogP contribution in [0.4, 0.5) is 0 Å². The lowest BCUT2D eigenvalue weighted by atomic mass is 10.0. The van der Waals surface area contributed by atoms with Crippen LogP contribution in [0.25, 0.3) is 22.1 Å². The third kappa shape index (κ3) is 2.35. The molecule has 0 bridgehead atoms. The first-order valence-corrected chi connectivity index (χ1v) is 7.49. The number of aldehydes is 1. The molecule has 3 rings (SSSR count). The molecule has 1 N–H and O–H groups in total. The summed E-state index contributed by atoms with van der Waals surface area (Å²) in [7, 11) is -4.37. The molecule has 21 heavy (non-hydrogen) atoms. The van der Waals surface area contributed by atoms with Crippen LogP contribution in [0.3, 0.4) is 0 Å². The van der Waals surface area contributed by atoms with Crippen LogP contribution in [-0.2, 0) is 10.1 Å². The van der Waals surface area contributed by atoms with Crippen molar-refractivity contribution in [2.24, 2.45) is 0 Å². The van der Waals surface area contributed by atoms with Gasteiger partial charge in [-0.15, -0.1) is 0 Å². The summed E-state index contributed by atoms with van der Waals surface area (Å²) in [5.74, 6) is 0.505. The molecule has 1 heterocycles. The lowest BCUT2D eigenvalue weighted by molar-refractivity contribution is 0.110. The summed E-state index contributed by atoms with van der Waals surface area (Å²) in [6, 6.07) is 12.8. The zero-order chi connectivity index (χ0) is 15.0. The van der Waals surface area contributed by atoms with Gasteiger partial charge in [-0.25, -0.2) is 0 Å². The maximum absolute atomic E-state index is 11.6. The van der Waals surface area contributed by atoms with Crippen LogP contribution in [0.5, 0.6) is 0 Å². The van der Waals surface area contributed by atoms with Crippen LogP contribution in [0.2, 0.25) is 0 Å². The normalized spacial score (nSPS) is 11.7. The Kier molecular flexibility index (Phi) is 3.12. The van der Waals surface area contributed by atoms with E-state index in [0.29, 0.717) is 28.4 Å². The summed E-state index contributed by atoms with van der Waals surface area (Å²) in [6.07, 6.45) is 0.568. The first-order chi connectivity index (χ1) is 10.0. The average molecular weight is 302 g/mol. The molecule has 0 saturated heterocycles. The second kappa shape index (κ2) is 4.83. The number of rotatable bonds is 3. The summed E-state index contributed by atoms with van der Waals surface area (Å²) >= 11 is 0. The maximum Gasteiger partial charge on any atom is 0.295 e. The van der Waals surface area contributed by atoms with Crippen molar-refractivity contribution in [3.05, 3.63) is 54.3 Å². The van der Waals surface area contributed by atoms with E-state index in [1.54, 1.807) is 36.4 Å². The zero-order valence-corrected chi connectivity index (χ0v) is 11.5. The van der Waals surface area contributed by atoms with Crippen LogP contribution in [0.1, 0.15) is 10.6 Å². The summed E-state index contributed by atoms with van der Waals surface area (Å²) in [6.45, 7) is 0. The minimum absolute atomic E-state index is 0.145. The summed E-state index contributed by atoms with van der Waals surface area (Å²) < 4.78 is 37.9. The second-order valence-corrected chi connectivity index (χ2v) is 5.84. The third-order valence-electron chi connectivity index (χ3n) is 3.15. The fourth-order valence-electron chi connectivity index (χ4n) is 2.29. The molecule has 0 saturated carbocycles. The quantitative estimate of drug-likeness (QED) is 0.593. The molecule has 0 aliphatic rings. The van der Waals surface area contributed by atoms with Crippen molar-refractivity contribution in [3.8, 4) is 11.3 Å². The molecule has 0 radical (unpaired) electrons. The van der Waals surface area contributed by atoms with E-state index in [4.69, 9.17) is 4.42 Å². The monoisotopic (exact) mass is 302 g/mol. The molecule has 0 amide bonds. The molecule has 0 spiro atoms. The highest BCUT2D eigenvalue weighted by Crippen LogP contribution is 2.34. The zero-order valence-electron chi connectivity index (χ0n) is 10.7. The molecule has 3 aromatic rings. The summed E-state index contributed by atoms with van der Waals surface area (Å²) in [4.78, 5) is 10.5. The number of carbonyl (C=O) groups excluding carboxylic acids is 1. The molecule has 0 fully saturated rings. The summed E-state index contributed by atoms with van der Waals surface area (Å²) in [5.41, 5.74) is 0.494.